The lowest BCUT2D eigenvalue weighted by Crippen LogP contribution is -2.25. The third kappa shape index (κ3) is 3.23. The second-order valence-electron chi connectivity index (χ2n) is 2.04. The van der Waals surface area contributed by atoms with Gasteiger partial charge in [0.1, 0.15) is 7.05 Å². The molecule has 0 aromatic carbocycles. The first kappa shape index (κ1) is 9.15. The Bertz CT molecular complexity index is 144. The van der Waals surface area contributed by atoms with Crippen LogP contribution in [-0.2, 0) is 7.05 Å². The highest BCUT2D eigenvalue weighted by molar-refractivity contribution is 5.02. The topological polar surface area (TPSA) is 3.88 Å². The first-order valence-electron chi connectivity index (χ1n) is 3.71. The molecule has 0 aliphatic rings. The first-order valence-corrected chi connectivity index (χ1v) is 3.71. The molecule has 56 valence electrons. The van der Waals surface area contributed by atoms with Crippen molar-refractivity contribution in [3.05, 3.63) is 30.1 Å². The maximum atomic E-state index is 2.08. The molecule has 0 saturated heterocycles. The fraction of sp³-hybridized carbons (Fsp3) is 0.444. The summed E-state index contributed by atoms with van der Waals surface area (Å²) >= 11 is 0. The lowest BCUT2D eigenvalue weighted by Gasteiger charge is -1.85. The summed E-state index contributed by atoms with van der Waals surface area (Å²) < 4.78 is 2.02. The van der Waals surface area contributed by atoms with E-state index in [2.05, 4.69) is 19.1 Å². The molecule has 0 spiro atoms. The number of nitrogens with zero attached hydrogens (tertiary/aromatic N) is 1. The van der Waals surface area contributed by atoms with Gasteiger partial charge in [0.25, 0.3) is 0 Å². The number of aryl methyl sites for hydroxylation is 2. The van der Waals surface area contributed by atoms with E-state index in [1.165, 1.54) is 5.56 Å². The summed E-state index contributed by atoms with van der Waals surface area (Å²) in [5.41, 5.74) is 1.31. The van der Waals surface area contributed by atoms with Gasteiger partial charge in [-0.05, 0) is 12.5 Å². The minimum absolute atomic E-state index is 1.31. The third-order valence-electron chi connectivity index (χ3n) is 1.15. The Labute approximate surface area is 63.3 Å². The number of rotatable bonds is 0. The fourth-order valence-electron chi connectivity index (χ4n) is 0.576. The summed E-state index contributed by atoms with van der Waals surface area (Å²) in [5.74, 6) is 0. The zero-order chi connectivity index (χ0) is 7.98. The van der Waals surface area contributed by atoms with Crippen LogP contribution in [0.5, 0.6) is 0 Å². The van der Waals surface area contributed by atoms with Crippen LogP contribution in [0, 0.1) is 6.92 Å². The van der Waals surface area contributed by atoms with Gasteiger partial charge in [-0.1, -0.05) is 13.8 Å². The van der Waals surface area contributed by atoms with Crippen LogP contribution < -0.4 is 4.57 Å². The van der Waals surface area contributed by atoms with Gasteiger partial charge in [-0.25, -0.2) is 4.57 Å². The van der Waals surface area contributed by atoms with Crippen LogP contribution in [0.3, 0.4) is 0 Å². The zero-order valence-corrected chi connectivity index (χ0v) is 7.26. The lowest BCUT2D eigenvalue weighted by molar-refractivity contribution is -0.671. The van der Waals surface area contributed by atoms with Crippen molar-refractivity contribution in [2.75, 3.05) is 0 Å². The Hall–Kier alpha value is -0.850. The van der Waals surface area contributed by atoms with E-state index in [0.717, 1.165) is 0 Å². The minimum Gasteiger partial charge on any atom is -0.208 e. The van der Waals surface area contributed by atoms with Crippen molar-refractivity contribution < 1.29 is 4.57 Å². The van der Waals surface area contributed by atoms with E-state index in [-0.39, 0.29) is 0 Å². The van der Waals surface area contributed by atoms with Gasteiger partial charge in [-0.2, -0.15) is 0 Å². The third-order valence-corrected chi connectivity index (χ3v) is 1.15. The molecule has 0 aliphatic carbocycles. The summed E-state index contributed by atoms with van der Waals surface area (Å²) in [7, 11) is 2.01. The molecule has 1 aromatic heterocycles. The van der Waals surface area contributed by atoms with Crippen molar-refractivity contribution in [1.29, 1.82) is 0 Å². The molecular weight excluding hydrogens is 122 g/mol. The highest BCUT2D eigenvalue weighted by atomic mass is 14.9. The molecule has 0 fully saturated rings. The van der Waals surface area contributed by atoms with Crippen molar-refractivity contribution in [1.82, 2.24) is 0 Å². The smallest absolute Gasteiger partial charge is 0.168 e. The SMILES string of the molecule is CC.Cc1cc[n+](C)cc1. The Morgan fingerprint density at radius 3 is 1.80 bits per heavy atom. The standard InChI is InChI=1S/C7H10N.C2H6/c1-7-3-5-8(2)6-4-7;1-2/h3-6H,1-2H3;1-2H3/q+1;. The van der Waals surface area contributed by atoms with Crippen LogP contribution in [0.15, 0.2) is 24.5 Å². The molecule has 0 saturated carbocycles. The molecule has 0 atom stereocenters. The quantitative estimate of drug-likeness (QED) is 0.482. The van der Waals surface area contributed by atoms with Crippen LogP contribution in [-0.4, -0.2) is 0 Å². The van der Waals surface area contributed by atoms with Crippen LogP contribution in [0.4, 0.5) is 0 Å². The molecule has 10 heavy (non-hydrogen) atoms. The van der Waals surface area contributed by atoms with E-state index in [4.69, 9.17) is 0 Å². The van der Waals surface area contributed by atoms with E-state index in [1.54, 1.807) is 0 Å². The maximum absolute atomic E-state index is 2.08. The van der Waals surface area contributed by atoms with Gasteiger partial charge >= 0.3 is 0 Å². The molecule has 1 heterocycles. The van der Waals surface area contributed by atoms with Gasteiger partial charge in [0.05, 0.1) is 0 Å². The predicted molar refractivity (Wildman–Crippen MR) is 43.7 cm³/mol. The summed E-state index contributed by atoms with van der Waals surface area (Å²) in [6, 6.07) is 4.17. The van der Waals surface area contributed by atoms with Crippen molar-refractivity contribution in [2.45, 2.75) is 20.8 Å². The van der Waals surface area contributed by atoms with Crippen LogP contribution in [0.1, 0.15) is 19.4 Å². The molecule has 1 aromatic rings. The van der Waals surface area contributed by atoms with Gasteiger partial charge in [-0.15, -0.1) is 0 Å². The summed E-state index contributed by atoms with van der Waals surface area (Å²) in [5, 5.41) is 0. The Kier molecular flexibility index (Phi) is 4.55. The van der Waals surface area contributed by atoms with Gasteiger partial charge in [0.15, 0.2) is 12.4 Å². The fourth-order valence-corrected chi connectivity index (χ4v) is 0.576. The summed E-state index contributed by atoms with van der Waals surface area (Å²) in [4.78, 5) is 0. The Balaban J connectivity index is 0.000000371. The monoisotopic (exact) mass is 138 g/mol. The van der Waals surface area contributed by atoms with Crippen molar-refractivity contribution in [3.63, 3.8) is 0 Å². The summed E-state index contributed by atoms with van der Waals surface area (Å²) in [6.45, 7) is 6.08. The highest BCUT2D eigenvalue weighted by Crippen LogP contribution is 1.87. The molecule has 0 unspecified atom stereocenters. The molecule has 1 heteroatoms. The Morgan fingerprint density at radius 2 is 1.50 bits per heavy atom. The summed E-state index contributed by atoms with van der Waals surface area (Å²) in [6.07, 6.45) is 4.07. The predicted octanol–water partition coefficient (Wildman–Crippen LogP) is 1.85. The highest BCUT2D eigenvalue weighted by Gasteiger charge is 1.85. The van der Waals surface area contributed by atoms with E-state index in [1.807, 2.05) is 37.9 Å². The largest absolute Gasteiger partial charge is 0.208 e. The van der Waals surface area contributed by atoms with Gasteiger partial charge in [0, 0.05) is 12.1 Å². The van der Waals surface area contributed by atoms with E-state index in [9.17, 15) is 0 Å². The van der Waals surface area contributed by atoms with Crippen molar-refractivity contribution >= 4 is 0 Å². The molecule has 0 radical (unpaired) electrons. The number of pyridine rings is 1. The average Bonchev–Trinajstić information content (AvgIpc) is 2.00. The number of hydrogen-bond acceptors (Lipinski definition) is 0. The number of aromatic nitrogens is 1. The van der Waals surface area contributed by atoms with E-state index in [0.29, 0.717) is 0 Å². The maximum Gasteiger partial charge on any atom is 0.168 e. The van der Waals surface area contributed by atoms with E-state index < -0.39 is 0 Å². The van der Waals surface area contributed by atoms with Gasteiger partial charge in [-0.3, -0.25) is 0 Å². The number of hydrogen-bond donors (Lipinski definition) is 0. The molecule has 1 rings (SSSR count). The molecule has 0 bridgehead atoms. The van der Waals surface area contributed by atoms with Gasteiger partial charge in [0.2, 0.25) is 0 Å². The zero-order valence-electron chi connectivity index (χ0n) is 7.26. The minimum atomic E-state index is 1.31. The molecular formula is C9H16N+. The van der Waals surface area contributed by atoms with Crippen LogP contribution >= 0.6 is 0 Å². The lowest BCUT2D eigenvalue weighted by atomic mass is 10.3. The van der Waals surface area contributed by atoms with Crippen molar-refractivity contribution in [2.24, 2.45) is 7.05 Å². The molecule has 0 N–H and O–H groups in total. The second-order valence-corrected chi connectivity index (χ2v) is 2.04. The normalized spacial score (nSPS) is 8.00. The average molecular weight is 138 g/mol. The van der Waals surface area contributed by atoms with Crippen LogP contribution in [0.25, 0.3) is 0 Å². The van der Waals surface area contributed by atoms with Crippen LogP contribution in [0.2, 0.25) is 0 Å². The molecule has 0 aliphatic heterocycles. The van der Waals surface area contributed by atoms with Crippen molar-refractivity contribution in [3.8, 4) is 0 Å². The van der Waals surface area contributed by atoms with Gasteiger partial charge < -0.3 is 0 Å². The second kappa shape index (κ2) is 4.98. The first-order chi connectivity index (χ1) is 4.79. The van der Waals surface area contributed by atoms with E-state index >= 15 is 0 Å². The Morgan fingerprint density at radius 1 is 1.10 bits per heavy atom. The molecule has 0 amide bonds. The molecule has 1 nitrogen and oxygen atoms in total.